The second-order valence-corrected chi connectivity index (χ2v) is 6.54. The number of nitrogens with one attached hydrogen (secondary N) is 1. The van der Waals surface area contributed by atoms with Crippen LogP contribution in [0.2, 0.25) is 0 Å². The average Bonchev–Trinajstić information content (AvgIpc) is 2.68. The van der Waals surface area contributed by atoms with Gasteiger partial charge in [0.25, 0.3) is 0 Å². The van der Waals surface area contributed by atoms with E-state index in [4.69, 9.17) is 0 Å². The van der Waals surface area contributed by atoms with Crippen LogP contribution in [0.4, 0.5) is 4.39 Å². The summed E-state index contributed by atoms with van der Waals surface area (Å²) in [5, 5.41) is 12.1. The lowest BCUT2D eigenvalue weighted by Crippen LogP contribution is -2.43. The molecule has 1 fully saturated rings. The Balaban J connectivity index is 1.99. The van der Waals surface area contributed by atoms with Gasteiger partial charge < -0.3 is 10.4 Å². The molecule has 120 valence electrons. The minimum atomic E-state index is -0.850. The van der Waals surface area contributed by atoms with Crippen molar-refractivity contribution in [2.45, 2.75) is 44.6 Å². The van der Waals surface area contributed by atoms with Gasteiger partial charge in [-0.05, 0) is 46.5 Å². The van der Waals surface area contributed by atoms with Crippen molar-refractivity contribution in [3.63, 3.8) is 0 Å². The Labute approximate surface area is 137 Å². The summed E-state index contributed by atoms with van der Waals surface area (Å²) in [5.74, 6) is -1.97. The Kier molecular flexibility index (Phi) is 5.94. The smallest absolute Gasteiger partial charge is 0.308 e. The van der Waals surface area contributed by atoms with E-state index in [1.165, 1.54) is 6.07 Å². The van der Waals surface area contributed by atoms with Crippen molar-refractivity contribution in [1.82, 2.24) is 5.32 Å². The number of hydrogen-bond acceptors (Lipinski definition) is 2. The van der Waals surface area contributed by atoms with E-state index >= 15 is 0 Å². The highest BCUT2D eigenvalue weighted by molar-refractivity contribution is 9.10. The van der Waals surface area contributed by atoms with Crippen LogP contribution in [0, 0.1) is 11.7 Å². The van der Waals surface area contributed by atoms with Gasteiger partial charge in [0.15, 0.2) is 0 Å². The van der Waals surface area contributed by atoms with Crippen molar-refractivity contribution in [2.24, 2.45) is 5.92 Å². The van der Waals surface area contributed by atoms with Crippen LogP contribution < -0.4 is 5.32 Å². The van der Waals surface area contributed by atoms with Crippen LogP contribution in [0.3, 0.4) is 0 Å². The third kappa shape index (κ3) is 4.53. The molecule has 2 rings (SSSR count). The molecule has 0 heterocycles. The summed E-state index contributed by atoms with van der Waals surface area (Å²) in [6, 6.07) is 4.10. The summed E-state index contributed by atoms with van der Waals surface area (Å²) < 4.78 is 13.5. The first-order chi connectivity index (χ1) is 10.5. The highest BCUT2D eigenvalue weighted by Crippen LogP contribution is 2.24. The molecule has 0 spiro atoms. The van der Waals surface area contributed by atoms with Gasteiger partial charge in [-0.1, -0.05) is 25.3 Å². The van der Waals surface area contributed by atoms with Crippen LogP contribution in [0.25, 0.3) is 0 Å². The zero-order chi connectivity index (χ0) is 16.1. The number of aliphatic carboxylic acids is 1. The molecule has 1 aromatic rings. The van der Waals surface area contributed by atoms with Gasteiger partial charge in [-0.2, -0.15) is 0 Å². The van der Waals surface area contributed by atoms with E-state index in [0.29, 0.717) is 22.9 Å². The second kappa shape index (κ2) is 7.72. The average molecular weight is 372 g/mol. The summed E-state index contributed by atoms with van der Waals surface area (Å²) in [6.07, 6.45) is 4.21. The van der Waals surface area contributed by atoms with Crippen LogP contribution in [0.1, 0.15) is 37.7 Å². The van der Waals surface area contributed by atoms with Crippen LogP contribution in [-0.2, 0) is 16.0 Å². The number of hydrogen-bond donors (Lipinski definition) is 2. The molecule has 1 aromatic carbocycles. The molecule has 0 saturated heterocycles. The maximum Gasteiger partial charge on any atom is 0.308 e. The minimum absolute atomic E-state index is 0.113. The Morgan fingerprint density at radius 3 is 2.68 bits per heavy atom. The van der Waals surface area contributed by atoms with Gasteiger partial charge in [-0.15, -0.1) is 0 Å². The molecular formula is C16H19BrFNO3. The molecule has 6 heteroatoms. The number of carbonyl (C=O) groups excluding carboxylic acids is 1. The molecule has 1 saturated carbocycles. The lowest BCUT2D eigenvalue weighted by atomic mass is 9.94. The molecule has 0 unspecified atom stereocenters. The molecule has 0 aromatic heterocycles. The maximum atomic E-state index is 13.2. The van der Waals surface area contributed by atoms with E-state index in [-0.39, 0.29) is 24.2 Å². The zero-order valence-electron chi connectivity index (χ0n) is 12.1. The van der Waals surface area contributed by atoms with Crippen LogP contribution >= 0.6 is 15.9 Å². The first kappa shape index (κ1) is 16.9. The summed E-state index contributed by atoms with van der Waals surface area (Å²) >= 11 is 3.09. The van der Waals surface area contributed by atoms with E-state index in [1.54, 1.807) is 12.1 Å². The molecule has 2 N–H and O–H groups in total. The summed E-state index contributed by atoms with van der Waals surface area (Å²) in [6.45, 7) is 0. The van der Waals surface area contributed by atoms with E-state index in [1.807, 2.05) is 0 Å². The van der Waals surface area contributed by atoms with E-state index < -0.39 is 11.9 Å². The Morgan fingerprint density at radius 2 is 2.00 bits per heavy atom. The SMILES string of the molecule is O=C(Cc1ccc(F)c(Br)c1)N[C@H]1CCCCC[C@H]1C(=O)O. The van der Waals surface area contributed by atoms with Crippen molar-refractivity contribution in [2.75, 3.05) is 0 Å². The molecule has 0 radical (unpaired) electrons. The Morgan fingerprint density at radius 1 is 1.27 bits per heavy atom. The second-order valence-electron chi connectivity index (χ2n) is 5.68. The Hall–Kier alpha value is -1.43. The monoisotopic (exact) mass is 371 g/mol. The van der Waals surface area contributed by atoms with E-state index in [0.717, 1.165) is 19.3 Å². The first-order valence-corrected chi connectivity index (χ1v) is 8.23. The maximum absolute atomic E-state index is 13.2. The number of amides is 1. The molecular weight excluding hydrogens is 353 g/mol. The van der Waals surface area contributed by atoms with Crippen molar-refractivity contribution in [3.8, 4) is 0 Å². The number of carboxylic acids is 1. The van der Waals surface area contributed by atoms with Crippen LogP contribution in [-0.4, -0.2) is 23.0 Å². The lowest BCUT2D eigenvalue weighted by Gasteiger charge is -2.23. The topological polar surface area (TPSA) is 66.4 Å². The van der Waals surface area contributed by atoms with Crippen molar-refractivity contribution >= 4 is 27.8 Å². The summed E-state index contributed by atoms with van der Waals surface area (Å²) in [4.78, 5) is 23.5. The molecule has 1 aliphatic rings. The van der Waals surface area contributed by atoms with E-state index in [2.05, 4.69) is 21.2 Å². The number of halogens is 2. The third-order valence-electron chi connectivity index (χ3n) is 4.03. The number of carboxylic acid groups (broad SMARTS) is 1. The standard InChI is InChI=1S/C16H19BrFNO3/c17-12-8-10(6-7-13(12)18)9-15(20)19-14-5-3-1-2-4-11(14)16(21)22/h6-8,11,14H,1-5,9H2,(H,19,20)(H,21,22)/t11-,14+/m1/s1. The molecule has 2 atom stereocenters. The predicted octanol–water partition coefficient (Wildman–Crippen LogP) is 3.28. The molecule has 1 aliphatic carbocycles. The largest absolute Gasteiger partial charge is 0.481 e. The quantitative estimate of drug-likeness (QED) is 0.798. The number of benzene rings is 1. The van der Waals surface area contributed by atoms with Crippen molar-refractivity contribution < 1.29 is 19.1 Å². The highest BCUT2D eigenvalue weighted by atomic mass is 79.9. The van der Waals surface area contributed by atoms with Gasteiger partial charge in [0.2, 0.25) is 5.91 Å². The normalized spacial score (nSPS) is 21.9. The van der Waals surface area contributed by atoms with Gasteiger partial charge in [0.05, 0.1) is 16.8 Å². The number of rotatable bonds is 4. The Bertz CT molecular complexity index is 564. The molecule has 4 nitrogen and oxygen atoms in total. The lowest BCUT2D eigenvalue weighted by molar-refractivity contribution is -0.143. The highest BCUT2D eigenvalue weighted by Gasteiger charge is 2.30. The fourth-order valence-corrected chi connectivity index (χ4v) is 3.29. The van der Waals surface area contributed by atoms with Gasteiger partial charge >= 0.3 is 5.97 Å². The molecule has 22 heavy (non-hydrogen) atoms. The predicted molar refractivity (Wildman–Crippen MR) is 83.9 cm³/mol. The van der Waals surface area contributed by atoms with Crippen LogP contribution in [0.15, 0.2) is 22.7 Å². The van der Waals surface area contributed by atoms with Gasteiger partial charge in [0.1, 0.15) is 5.82 Å². The summed E-state index contributed by atoms with van der Waals surface area (Å²) in [5.41, 5.74) is 0.686. The fourth-order valence-electron chi connectivity index (χ4n) is 2.87. The first-order valence-electron chi connectivity index (χ1n) is 7.43. The molecule has 0 aliphatic heterocycles. The van der Waals surface area contributed by atoms with E-state index in [9.17, 15) is 19.1 Å². The number of carbonyl (C=O) groups is 2. The summed E-state index contributed by atoms with van der Waals surface area (Å²) in [7, 11) is 0. The molecule has 1 amide bonds. The van der Waals surface area contributed by atoms with Gasteiger partial charge in [0, 0.05) is 6.04 Å². The van der Waals surface area contributed by atoms with Gasteiger partial charge in [-0.25, -0.2) is 4.39 Å². The fraction of sp³-hybridized carbons (Fsp3) is 0.500. The van der Waals surface area contributed by atoms with Crippen molar-refractivity contribution in [3.05, 3.63) is 34.1 Å². The third-order valence-corrected chi connectivity index (χ3v) is 4.64. The van der Waals surface area contributed by atoms with Crippen molar-refractivity contribution in [1.29, 1.82) is 0 Å². The minimum Gasteiger partial charge on any atom is -0.481 e. The van der Waals surface area contributed by atoms with Crippen LogP contribution in [0.5, 0.6) is 0 Å². The van der Waals surface area contributed by atoms with Gasteiger partial charge in [-0.3, -0.25) is 9.59 Å². The molecule has 0 bridgehead atoms. The zero-order valence-corrected chi connectivity index (χ0v) is 13.7.